The molecule has 0 bridgehead atoms. The molecule has 4 fully saturated rings. The summed E-state index contributed by atoms with van der Waals surface area (Å²) in [4.78, 5) is 141. The van der Waals surface area contributed by atoms with Crippen molar-refractivity contribution in [2.45, 2.75) is 132 Å². The minimum atomic E-state index is -1.23. The number of carboxylic acid groups (broad SMARTS) is 3. The van der Waals surface area contributed by atoms with Crippen LogP contribution in [-0.2, 0) is 33.6 Å². The molecule has 116 heavy (non-hydrogen) atoms. The van der Waals surface area contributed by atoms with Gasteiger partial charge in [-0.15, -0.1) is 47.0 Å². The smallest absolute Gasteiger partial charge is 0.326 e. The maximum absolute atomic E-state index is 12.9. The summed E-state index contributed by atoms with van der Waals surface area (Å²) < 4.78 is 0. The molecule has 0 aliphatic carbocycles. The molecule has 18 nitrogen and oxygen atoms in total. The van der Waals surface area contributed by atoms with Crippen molar-refractivity contribution in [3.8, 4) is 0 Å². The lowest BCUT2D eigenvalue weighted by Gasteiger charge is -2.27. The first-order valence-electron chi connectivity index (χ1n) is 37.6. The van der Waals surface area contributed by atoms with E-state index in [1.165, 1.54) is 31.4 Å². The third-order valence-electron chi connectivity index (χ3n) is 18.6. The first-order chi connectivity index (χ1) is 55.3. The second kappa shape index (κ2) is 50.0. The van der Waals surface area contributed by atoms with Crippen LogP contribution in [0.4, 0.5) is 0 Å². The van der Waals surface area contributed by atoms with Crippen molar-refractivity contribution >= 4 is 167 Å². The molecule has 0 saturated carbocycles. The Hall–Kier alpha value is -8.02. The molecule has 0 aromatic heterocycles. The van der Waals surface area contributed by atoms with Gasteiger partial charge in [-0.05, 0) is 92.7 Å². The van der Waals surface area contributed by atoms with Crippen molar-refractivity contribution in [1.29, 1.82) is 0 Å². The fraction of sp³-hybridized carbons (Fsp3) is 0.337. The number of nitrogens with one attached hydrogen (secondary N) is 1. The monoisotopic (exact) mass is 1740 g/mol. The van der Waals surface area contributed by atoms with Gasteiger partial charge in [0.25, 0.3) is 0 Å². The number of carbonyl (C=O) groups excluding carboxylic acids is 9. The molecule has 3 amide bonds. The lowest BCUT2D eigenvalue weighted by atomic mass is 10.1. The molecule has 4 aliphatic heterocycles. The van der Waals surface area contributed by atoms with Gasteiger partial charge in [-0.25, -0.2) is 4.79 Å². The summed E-state index contributed by atoms with van der Waals surface area (Å²) in [5.41, 5.74) is 2.53. The molecule has 27 heteroatoms. The van der Waals surface area contributed by atoms with E-state index >= 15 is 0 Å². The SMILES string of the molecule is C.C[C@H](CSC(=O)c1ccccc1)C(=O)Cl.C[C@H](CSC(=O)c1ccccc1)C(=O)N1C[C@@H](Sc2ccccc2)C[C@H]1C.C[C@H](CSC(=O)c1ccccc1)C(=O)N1C[C@@H](Sc2ccccc2)C[C@H]1C(=O)O.C[C@H](CSC(=O)c1ccccc1)C(=O)N1C[C@@H](Sc2ccccc2)C[C@H]1C(=O)[O-].O=C(O)[C@@H]1C[C@H](Sc2ccccc2)CN1. The van der Waals surface area contributed by atoms with Crippen molar-refractivity contribution in [3.63, 3.8) is 0 Å². The van der Waals surface area contributed by atoms with Crippen LogP contribution in [0.5, 0.6) is 0 Å². The third kappa shape index (κ3) is 31.4. The van der Waals surface area contributed by atoms with Crippen LogP contribution in [0.25, 0.3) is 0 Å². The lowest BCUT2D eigenvalue weighted by molar-refractivity contribution is -0.310. The number of carboxylic acids is 3. The highest BCUT2D eigenvalue weighted by Gasteiger charge is 2.42. The van der Waals surface area contributed by atoms with Crippen LogP contribution in [0.2, 0.25) is 0 Å². The van der Waals surface area contributed by atoms with Crippen LogP contribution in [0, 0.1) is 23.7 Å². The molecule has 4 aliphatic rings. The van der Waals surface area contributed by atoms with E-state index in [0.29, 0.717) is 88.1 Å². The molecule has 0 unspecified atom stereocenters. The normalized spacial score (nSPS) is 19.4. The number of rotatable bonds is 27. The molecule has 12 atom stereocenters. The van der Waals surface area contributed by atoms with Crippen LogP contribution in [0.15, 0.2) is 262 Å². The predicted molar refractivity (Wildman–Crippen MR) is 474 cm³/mol. The van der Waals surface area contributed by atoms with Gasteiger partial charge < -0.3 is 40.1 Å². The Kier molecular flexibility index (Phi) is 41.0. The van der Waals surface area contributed by atoms with Gasteiger partial charge >= 0.3 is 11.9 Å². The van der Waals surface area contributed by atoms with E-state index in [4.69, 9.17) is 16.7 Å². The summed E-state index contributed by atoms with van der Waals surface area (Å²) in [7, 11) is 0. The molecule has 8 aromatic rings. The van der Waals surface area contributed by atoms with Crippen LogP contribution < -0.4 is 10.4 Å². The Balaban J connectivity index is 0.000000205. The Bertz CT molecular complexity index is 4310. The van der Waals surface area contributed by atoms with Crippen LogP contribution in [-0.4, -0.2) is 181 Å². The molecule has 0 spiro atoms. The summed E-state index contributed by atoms with van der Waals surface area (Å²) >= 11 is 16.6. The molecule has 3 N–H and O–H groups in total. The minimum absolute atomic E-state index is 0. The number of carbonyl (C=O) groups is 11. The summed E-state index contributed by atoms with van der Waals surface area (Å²) in [6.07, 6.45) is 2.49. The van der Waals surface area contributed by atoms with Crippen molar-refractivity contribution in [3.05, 3.63) is 265 Å². The maximum Gasteiger partial charge on any atom is 0.326 e. The van der Waals surface area contributed by atoms with Gasteiger partial charge in [0, 0.05) is 142 Å². The maximum atomic E-state index is 12.9. The molecular weight excluding hydrogens is 1640 g/mol. The number of likely N-dealkylation sites (tertiary alicyclic amines) is 3. The van der Waals surface area contributed by atoms with Gasteiger partial charge in [0.1, 0.15) is 12.1 Å². The molecule has 8 aromatic carbocycles. The van der Waals surface area contributed by atoms with E-state index in [1.807, 2.05) is 181 Å². The molecule has 4 saturated heterocycles. The third-order valence-corrected chi connectivity index (χ3v) is 28.5. The first-order valence-corrected chi connectivity index (χ1v) is 45.4. The zero-order valence-electron chi connectivity index (χ0n) is 64.3. The second-order valence-corrected chi connectivity index (χ2v) is 37.6. The van der Waals surface area contributed by atoms with E-state index in [2.05, 4.69) is 36.5 Å². The fourth-order valence-electron chi connectivity index (χ4n) is 12.4. The highest BCUT2D eigenvalue weighted by atomic mass is 35.5. The molecule has 12 rings (SSSR count). The Morgan fingerprint density at radius 2 is 0.647 bits per heavy atom. The molecule has 4 heterocycles. The molecular formula is C89H98ClN4O14S8-. The Morgan fingerprint density at radius 3 is 0.940 bits per heavy atom. The molecule has 614 valence electrons. The van der Waals surface area contributed by atoms with Gasteiger partial charge in [-0.2, -0.15) is 0 Å². The summed E-state index contributed by atoms with van der Waals surface area (Å²) in [5.74, 6) is -3.01. The van der Waals surface area contributed by atoms with Gasteiger partial charge in [-0.3, -0.25) is 43.2 Å². The number of hydrogen-bond acceptors (Lipinski definition) is 21. The number of nitrogens with zero attached hydrogens (tertiary/aromatic N) is 3. The van der Waals surface area contributed by atoms with E-state index in [9.17, 15) is 63.0 Å². The van der Waals surface area contributed by atoms with Gasteiger partial charge in [0.15, 0.2) is 0 Å². The second-order valence-electron chi connectivity index (χ2n) is 27.7. The van der Waals surface area contributed by atoms with Crippen molar-refractivity contribution in [1.82, 2.24) is 20.0 Å². The Morgan fingerprint density at radius 1 is 0.379 bits per heavy atom. The largest absolute Gasteiger partial charge is 0.548 e. The van der Waals surface area contributed by atoms with E-state index in [0.717, 1.165) is 64.6 Å². The van der Waals surface area contributed by atoms with Gasteiger partial charge in [0.2, 0.25) is 43.4 Å². The number of thioether (sulfide) groups is 8. The van der Waals surface area contributed by atoms with E-state index in [-0.39, 0.29) is 80.0 Å². The van der Waals surface area contributed by atoms with E-state index in [1.54, 1.807) is 117 Å². The van der Waals surface area contributed by atoms with Crippen LogP contribution in [0.1, 0.15) is 109 Å². The average molecular weight is 1740 g/mol. The van der Waals surface area contributed by atoms with Crippen molar-refractivity contribution in [2.24, 2.45) is 23.7 Å². The summed E-state index contributed by atoms with van der Waals surface area (Å²) in [5, 5.41) is 33.3. The summed E-state index contributed by atoms with van der Waals surface area (Å²) in [6, 6.07) is 74.1. The van der Waals surface area contributed by atoms with Crippen molar-refractivity contribution < 1.29 is 68.1 Å². The van der Waals surface area contributed by atoms with Crippen LogP contribution in [0.3, 0.4) is 0 Å². The lowest BCUT2D eigenvalue weighted by Crippen LogP contribution is -2.48. The first kappa shape index (κ1) is 95.1. The Labute approximate surface area is 719 Å². The van der Waals surface area contributed by atoms with Gasteiger partial charge in [-0.1, -0.05) is 276 Å². The van der Waals surface area contributed by atoms with E-state index < -0.39 is 47.1 Å². The topological polar surface area (TPSA) is 273 Å². The zero-order valence-corrected chi connectivity index (χ0v) is 71.6. The number of aliphatic carboxylic acids is 3. The number of benzene rings is 8. The predicted octanol–water partition coefficient (Wildman–Crippen LogP) is 16.9. The number of halogens is 1. The number of amides is 3. The number of hydrogen-bond donors (Lipinski definition) is 3. The summed E-state index contributed by atoms with van der Waals surface area (Å²) in [6.45, 7) is 11.6. The van der Waals surface area contributed by atoms with Gasteiger partial charge in [0.05, 0.1) is 12.0 Å². The quantitative estimate of drug-likeness (QED) is 0.0404. The fourth-order valence-corrected chi connectivity index (χ4v) is 20.9. The standard InChI is InChI=1S/2C22H23NO4S2.C22H25NO2S2.C11H11ClO2S.C11H13NO2S.CH4/c2*1-15(14-28-22(27)16-8-4-2-5-9-16)20(24)23-13-18(12-19(23)21(25)26)29-17-10-6-3-7-11-17;1-16(15-26-22(25)18-9-5-3-6-10-18)21(24)23-14-20(13-17(23)2)27-19-11-7-4-8-12-19;1-8(10(12)13)7-15-11(14)9-5-3-2-4-6-9;13-11(14)10-6-9(7-12-10)15-8-4-2-1-3-5-8;/h2*2-11,15,18-19H,12-14H2,1H3,(H,25,26);3-12,16-17,20H,13-15H2,1-2H3;2-6,8H,7H2,1H3;1-5,9-10,12H,6-7H2,(H,13,14);1H4/p-1/t2*15-,18+,19+;16-,17-,20+;8-;9-,10-;/m11110./s1. The average Bonchev–Trinajstić information content (AvgIpc) is 1.68. The molecule has 0 radical (unpaired) electrons. The highest BCUT2D eigenvalue weighted by molar-refractivity contribution is 8.15. The highest BCUT2D eigenvalue weighted by Crippen LogP contribution is 2.38. The zero-order chi connectivity index (χ0) is 82.8. The van der Waals surface area contributed by atoms with Crippen molar-refractivity contribution in [2.75, 3.05) is 49.2 Å². The van der Waals surface area contributed by atoms with Crippen LogP contribution >= 0.6 is 106 Å². The minimum Gasteiger partial charge on any atom is -0.548 e.